The van der Waals surface area contributed by atoms with E-state index in [2.05, 4.69) is 6.92 Å². The van der Waals surface area contributed by atoms with Gasteiger partial charge in [-0.1, -0.05) is 37.3 Å². The lowest BCUT2D eigenvalue weighted by atomic mass is 10.2. The van der Waals surface area contributed by atoms with Gasteiger partial charge in [-0.15, -0.1) is 0 Å². The molecule has 0 bridgehead atoms. The molecule has 1 heterocycles. The van der Waals surface area contributed by atoms with E-state index in [-0.39, 0.29) is 0 Å². The van der Waals surface area contributed by atoms with Crippen molar-refractivity contribution in [3.05, 3.63) is 35.9 Å². The van der Waals surface area contributed by atoms with E-state index in [0.717, 1.165) is 6.61 Å². The van der Waals surface area contributed by atoms with Gasteiger partial charge in [0.25, 0.3) is 0 Å². The highest BCUT2D eigenvalue weighted by molar-refractivity contribution is 5.13. The Morgan fingerprint density at radius 1 is 1.38 bits per heavy atom. The lowest BCUT2D eigenvalue weighted by molar-refractivity contribution is 0.403. The quantitative estimate of drug-likeness (QED) is 0.705. The summed E-state index contributed by atoms with van der Waals surface area (Å²) in [5, 5.41) is 0. The first-order valence-corrected chi connectivity index (χ1v) is 4.72. The van der Waals surface area contributed by atoms with Crippen molar-refractivity contribution in [1.29, 1.82) is 0 Å². The van der Waals surface area contributed by atoms with Crippen LogP contribution in [0.25, 0.3) is 0 Å². The molecule has 1 aromatic rings. The summed E-state index contributed by atoms with van der Waals surface area (Å²) in [7, 11) is 0. The first-order chi connectivity index (χ1) is 6.36. The third-order valence-electron chi connectivity index (χ3n) is 1.94. The van der Waals surface area contributed by atoms with Crippen LogP contribution in [0.15, 0.2) is 30.3 Å². The lowest BCUT2D eigenvalue weighted by Crippen LogP contribution is -1.94. The van der Waals surface area contributed by atoms with Gasteiger partial charge >= 0.3 is 0 Å². The van der Waals surface area contributed by atoms with E-state index in [1.54, 1.807) is 0 Å². The minimum absolute atomic E-state index is 0.634. The molecule has 0 spiro atoms. The third kappa shape index (κ3) is 4.65. The minimum atomic E-state index is 0.634. The number of nitrogens with two attached hydrogens (primary N) is 1. The molecular formula is C11H17NO. The zero-order valence-corrected chi connectivity index (χ0v) is 8.07. The zero-order valence-electron chi connectivity index (χ0n) is 8.07. The van der Waals surface area contributed by atoms with Gasteiger partial charge in [0.05, 0.1) is 12.7 Å². The number of hydrogen-bond acceptors (Lipinski definition) is 2. The summed E-state index contributed by atoms with van der Waals surface area (Å²) in [6, 6.07) is 9.99. The molecule has 0 aromatic heterocycles. The van der Waals surface area contributed by atoms with Gasteiger partial charge in [0, 0.05) is 6.54 Å². The van der Waals surface area contributed by atoms with E-state index in [1.807, 2.05) is 30.3 Å². The molecule has 1 fully saturated rings. The molecule has 2 nitrogen and oxygen atoms in total. The summed E-state index contributed by atoms with van der Waals surface area (Å²) in [6.45, 7) is 3.79. The maximum Gasteiger partial charge on any atom is 0.0807 e. The van der Waals surface area contributed by atoms with Gasteiger partial charge in [0.15, 0.2) is 0 Å². The Hall–Kier alpha value is -0.860. The van der Waals surface area contributed by atoms with Gasteiger partial charge in [-0.2, -0.15) is 0 Å². The van der Waals surface area contributed by atoms with Gasteiger partial charge in [-0.3, -0.25) is 0 Å². The lowest BCUT2D eigenvalue weighted by Gasteiger charge is -1.90. The second-order valence-corrected chi connectivity index (χ2v) is 3.05. The van der Waals surface area contributed by atoms with Crippen molar-refractivity contribution in [2.24, 2.45) is 5.73 Å². The van der Waals surface area contributed by atoms with Crippen LogP contribution in [0.4, 0.5) is 0 Å². The van der Waals surface area contributed by atoms with Crippen LogP contribution in [0.2, 0.25) is 0 Å². The Balaban J connectivity index is 0.000000145. The van der Waals surface area contributed by atoms with Gasteiger partial charge in [0.1, 0.15) is 0 Å². The van der Waals surface area contributed by atoms with Crippen molar-refractivity contribution in [3.8, 4) is 0 Å². The summed E-state index contributed by atoms with van der Waals surface area (Å²) in [6.07, 6.45) is 1.83. The number of ether oxygens (including phenoxy) is 1. The average molecular weight is 179 g/mol. The molecule has 2 heteroatoms. The smallest absolute Gasteiger partial charge is 0.0807 e. The molecule has 1 aliphatic heterocycles. The van der Waals surface area contributed by atoms with E-state index in [4.69, 9.17) is 10.5 Å². The normalized spacial score (nSPS) is 18.8. The second-order valence-electron chi connectivity index (χ2n) is 3.05. The van der Waals surface area contributed by atoms with Crippen LogP contribution in [0.5, 0.6) is 0 Å². The maximum atomic E-state index is 5.35. The van der Waals surface area contributed by atoms with E-state index in [9.17, 15) is 0 Å². The molecule has 1 unspecified atom stereocenters. The van der Waals surface area contributed by atoms with Crippen molar-refractivity contribution in [2.45, 2.75) is 26.0 Å². The molecule has 1 saturated heterocycles. The van der Waals surface area contributed by atoms with Crippen molar-refractivity contribution in [3.63, 3.8) is 0 Å². The Kier molecular flexibility index (Phi) is 4.50. The molecule has 1 aliphatic rings. The van der Waals surface area contributed by atoms with Crippen LogP contribution in [0.3, 0.4) is 0 Å². The molecule has 2 rings (SSSR count). The molecule has 1 aromatic carbocycles. The highest BCUT2D eigenvalue weighted by Crippen LogP contribution is 2.10. The second kappa shape index (κ2) is 5.73. The molecule has 0 saturated carbocycles. The highest BCUT2D eigenvalue weighted by Gasteiger charge is 2.18. The van der Waals surface area contributed by atoms with E-state index in [1.165, 1.54) is 12.0 Å². The highest BCUT2D eigenvalue weighted by atomic mass is 16.6. The van der Waals surface area contributed by atoms with Gasteiger partial charge in [-0.05, 0) is 12.0 Å². The monoisotopic (exact) mass is 179 g/mol. The number of hydrogen-bond donors (Lipinski definition) is 1. The predicted molar refractivity (Wildman–Crippen MR) is 54.4 cm³/mol. The van der Waals surface area contributed by atoms with Crippen LogP contribution in [-0.2, 0) is 11.3 Å². The first kappa shape index (κ1) is 10.2. The average Bonchev–Trinajstić information content (AvgIpc) is 3.03. The molecule has 0 amide bonds. The fourth-order valence-corrected chi connectivity index (χ4v) is 0.918. The summed E-state index contributed by atoms with van der Waals surface area (Å²) >= 11 is 0. The van der Waals surface area contributed by atoms with Crippen LogP contribution in [-0.4, -0.2) is 12.7 Å². The van der Waals surface area contributed by atoms with Gasteiger partial charge < -0.3 is 10.5 Å². The van der Waals surface area contributed by atoms with Crippen LogP contribution < -0.4 is 5.73 Å². The topological polar surface area (TPSA) is 38.5 Å². The third-order valence-corrected chi connectivity index (χ3v) is 1.94. The van der Waals surface area contributed by atoms with Crippen LogP contribution in [0.1, 0.15) is 18.9 Å². The van der Waals surface area contributed by atoms with Gasteiger partial charge in [0.2, 0.25) is 0 Å². The van der Waals surface area contributed by atoms with E-state index in [0.29, 0.717) is 12.6 Å². The number of benzene rings is 1. The fourth-order valence-electron chi connectivity index (χ4n) is 0.918. The zero-order chi connectivity index (χ0) is 9.52. The Morgan fingerprint density at radius 3 is 2.23 bits per heavy atom. The van der Waals surface area contributed by atoms with E-state index >= 15 is 0 Å². The van der Waals surface area contributed by atoms with Crippen molar-refractivity contribution in [2.75, 3.05) is 6.61 Å². The number of epoxide rings is 1. The predicted octanol–water partition coefficient (Wildman–Crippen LogP) is 1.94. The summed E-state index contributed by atoms with van der Waals surface area (Å²) < 4.78 is 4.86. The van der Waals surface area contributed by atoms with Crippen molar-refractivity contribution in [1.82, 2.24) is 0 Å². The molecule has 2 N–H and O–H groups in total. The number of rotatable bonds is 2. The van der Waals surface area contributed by atoms with Crippen LogP contribution >= 0.6 is 0 Å². The standard InChI is InChI=1S/C7H9N.C4H8O/c8-6-7-4-2-1-3-5-7;1-2-4-3-5-4/h1-5H,6,8H2;4H,2-3H2,1H3. The summed E-state index contributed by atoms with van der Waals surface area (Å²) in [5.74, 6) is 0. The molecule has 72 valence electrons. The Bertz CT molecular complexity index is 219. The first-order valence-electron chi connectivity index (χ1n) is 4.72. The molecular weight excluding hydrogens is 162 g/mol. The largest absolute Gasteiger partial charge is 0.373 e. The fraction of sp³-hybridized carbons (Fsp3) is 0.455. The van der Waals surface area contributed by atoms with Crippen molar-refractivity contribution >= 4 is 0 Å². The van der Waals surface area contributed by atoms with E-state index < -0.39 is 0 Å². The molecule has 13 heavy (non-hydrogen) atoms. The molecule has 1 atom stereocenters. The Labute approximate surface area is 79.7 Å². The summed E-state index contributed by atoms with van der Waals surface area (Å²) in [4.78, 5) is 0. The van der Waals surface area contributed by atoms with Crippen LogP contribution in [0, 0.1) is 0 Å². The van der Waals surface area contributed by atoms with Crippen molar-refractivity contribution < 1.29 is 4.74 Å². The molecule has 0 aliphatic carbocycles. The minimum Gasteiger partial charge on any atom is -0.373 e. The Morgan fingerprint density at radius 2 is 2.00 bits per heavy atom. The van der Waals surface area contributed by atoms with Gasteiger partial charge in [-0.25, -0.2) is 0 Å². The SMILES string of the molecule is CCC1CO1.NCc1ccccc1. The molecule has 0 radical (unpaired) electrons. The summed E-state index contributed by atoms with van der Waals surface area (Å²) in [5.41, 5.74) is 6.54. The maximum absolute atomic E-state index is 5.35.